The number of sulfonamides is 1. The highest BCUT2D eigenvalue weighted by Crippen LogP contribution is 2.24. The van der Waals surface area contributed by atoms with E-state index in [0.29, 0.717) is 5.56 Å². The molecule has 1 aromatic carbocycles. The molecule has 0 aromatic heterocycles. The Hall–Kier alpha value is -1.98. The van der Waals surface area contributed by atoms with Gasteiger partial charge in [-0.3, -0.25) is 9.69 Å². The molecule has 0 spiro atoms. The molecule has 1 heterocycles. The van der Waals surface area contributed by atoms with Gasteiger partial charge in [0.2, 0.25) is 15.9 Å². The van der Waals surface area contributed by atoms with Crippen LogP contribution < -0.4 is 0 Å². The molecule has 29 heavy (non-hydrogen) atoms. The number of piperazine rings is 1. The van der Waals surface area contributed by atoms with Crippen LogP contribution in [-0.2, 0) is 14.8 Å². The van der Waals surface area contributed by atoms with Crippen molar-refractivity contribution in [1.29, 1.82) is 0 Å². The first-order chi connectivity index (χ1) is 13.4. The number of carbonyl (C=O) groups excluding carboxylic acids is 1. The molecule has 1 aliphatic heterocycles. The minimum absolute atomic E-state index is 0.0823. The zero-order valence-corrected chi connectivity index (χ0v) is 16.9. The molecule has 1 aliphatic rings. The fraction of sp³-hybridized carbons (Fsp3) is 0.500. The highest BCUT2D eigenvalue weighted by molar-refractivity contribution is 7.89. The lowest BCUT2D eigenvalue weighted by Crippen LogP contribution is -2.52. The van der Waals surface area contributed by atoms with E-state index in [9.17, 15) is 30.8 Å². The summed E-state index contributed by atoms with van der Waals surface area (Å²) in [5.74, 6) is -4.41. The van der Waals surface area contributed by atoms with Gasteiger partial charge < -0.3 is 4.90 Å². The average molecular weight is 437 g/mol. The van der Waals surface area contributed by atoms with E-state index in [1.54, 1.807) is 12.1 Å². The van der Waals surface area contributed by atoms with Crippen molar-refractivity contribution < 1.29 is 30.8 Å². The van der Waals surface area contributed by atoms with Crippen molar-refractivity contribution in [1.82, 2.24) is 14.1 Å². The Morgan fingerprint density at radius 3 is 2.17 bits per heavy atom. The third kappa shape index (κ3) is 6.00. The SMILES string of the molecule is CN(C)S(=O)(=O)c1ccc(/C=C/C(=O)N2CCN(CC(F)(F)C(F)F)CC2)cc1. The second-order valence-electron chi connectivity index (χ2n) is 6.85. The predicted molar refractivity (Wildman–Crippen MR) is 100 cm³/mol. The van der Waals surface area contributed by atoms with Crippen LogP contribution in [0, 0.1) is 0 Å². The highest BCUT2D eigenvalue weighted by Gasteiger charge is 2.42. The van der Waals surface area contributed by atoms with Gasteiger partial charge in [-0.2, -0.15) is 8.78 Å². The zero-order valence-electron chi connectivity index (χ0n) is 16.1. The Morgan fingerprint density at radius 2 is 1.69 bits per heavy atom. The lowest BCUT2D eigenvalue weighted by Gasteiger charge is -2.35. The Labute approximate surface area is 167 Å². The van der Waals surface area contributed by atoms with Crippen LogP contribution in [0.5, 0.6) is 0 Å². The largest absolute Gasteiger partial charge is 0.337 e. The molecule has 1 saturated heterocycles. The van der Waals surface area contributed by atoms with E-state index in [0.717, 1.165) is 4.31 Å². The number of alkyl halides is 4. The van der Waals surface area contributed by atoms with Crippen molar-refractivity contribution in [3.63, 3.8) is 0 Å². The Balaban J connectivity index is 1.91. The molecular formula is C18H23F4N3O3S. The first kappa shape index (κ1) is 23.3. The van der Waals surface area contributed by atoms with Gasteiger partial charge in [0.25, 0.3) is 0 Å². The van der Waals surface area contributed by atoms with Gasteiger partial charge in [-0.15, -0.1) is 0 Å². The summed E-state index contributed by atoms with van der Waals surface area (Å²) in [5.41, 5.74) is 0.617. The summed E-state index contributed by atoms with van der Waals surface area (Å²) < 4.78 is 75.9. The van der Waals surface area contributed by atoms with Crippen molar-refractivity contribution in [3.8, 4) is 0 Å². The molecule has 11 heteroatoms. The van der Waals surface area contributed by atoms with E-state index in [-0.39, 0.29) is 37.0 Å². The topological polar surface area (TPSA) is 60.9 Å². The van der Waals surface area contributed by atoms with E-state index in [1.807, 2.05) is 0 Å². The maximum Gasteiger partial charge on any atom is 0.319 e. The van der Waals surface area contributed by atoms with Crippen LogP contribution in [0.4, 0.5) is 17.6 Å². The summed E-state index contributed by atoms with van der Waals surface area (Å²) in [6.45, 7) is -0.562. The number of halogens is 4. The van der Waals surface area contributed by atoms with Crippen molar-refractivity contribution in [2.24, 2.45) is 0 Å². The van der Waals surface area contributed by atoms with Crippen molar-refractivity contribution in [2.45, 2.75) is 17.2 Å². The number of carbonyl (C=O) groups is 1. The molecule has 0 unspecified atom stereocenters. The Bertz CT molecular complexity index is 834. The summed E-state index contributed by atoms with van der Waals surface area (Å²) in [7, 11) is -0.683. The van der Waals surface area contributed by atoms with Gasteiger partial charge in [-0.05, 0) is 23.8 Å². The molecule has 0 aliphatic carbocycles. The van der Waals surface area contributed by atoms with Crippen LogP contribution in [0.15, 0.2) is 35.2 Å². The van der Waals surface area contributed by atoms with Gasteiger partial charge in [-0.1, -0.05) is 12.1 Å². The lowest BCUT2D eigenvalue weighted by molar-refractivity contribution is -0.147. The first-order valence-corrected chi connectivity index (χ1v) is 10.3. The van der Waals surface area contributed by atoms with E-state index >= 15 is 0 Å². The highest BCUT2D eigenvalue weighted by atomic mass is 32.2. The van der Waals surface area contributed by atoms with Crippen molar-refractivity contribution in [2.75, 3.05) is 46.8 Å². The molecule has 1 amide bonds. The minimum Gasteiger partial charge on any atom is -0.337 e. The van der Waals surface area contributed by atoms with Gasteiger partial charge in [0.05, 0.1) is 11.4 Å². The summed E-state index contributed by atoms with van der Waals surface area (Å²) >= 11 is 0. The van der Waals surface area contributed by atoms with Gasteiger partial charge in [-0.25, -0.2) is 21.5 Å². The smallest absolute Gasteiger partial charge is 0.319 e. The normalized spacial score (nSPS) is 16.9. The van der Waals surface area contributed by atoms with E-state index < -0.39 is 28.9 Å². The van der Waals surface area contributed by atoms with E-state index in [4.69, 9.17) is 0 Å². The van der Waals surface area contributed by atoms with Gasteiger partial charge in [0, 0.05) is 46.4 Å². The summed E-state index contributed by atoms with van der Waals surface area (Å²) in [5, 5.41) is 0. The molecule has 0 atom stereocenters. The quantitative estimate of drug-likeness (QED) is 0.484. The number of hydrogen-bond acceptors (Lipinski definition) is 4. The summed E-state index contributed by atoms with van der Waals surface area (Å²) in [4.78, 5) is 15.0. The molecule has 0 N–H and O–H groups in total. The van der Waals surface area contributed by atoms with Gasteiger partial charge in [0.1, 0.15) is 0 Å². The van der Waals surface area contributed by atoms with Crippen LogP contribution in [0.2, 0.25) is 0 Å². The Morgan fingerprint density at radius 1 is 1.14 bits per heavy atom. The van der Waals surface area contributed by atoms with Crippen LogP contribution in [0.25, 0.3) is 6.08 Å². The number of rotatable bonds is 7. The fourth-order valence-electron chi connectivity index (χ4n) is 2.73. The zero-order chi connectivity index (χ0) is 21.8. The second kappa shape index (κ2) is 9.23. The van der Waals surface area contributed by atoms with Crippen LogP contribution >= 0.6 is 0 Å². The average Bonchev–Trinajstić information content (AvgIpc) is 2.66. The third-order valence-corrected chi connectivity index (χ3v) is 6.34. The molecule has 0 bridgehead atoms. The maximum atomic E-state index is 13.1. The minimum atomic E-state index is -4.07. The molecule has 6 nitrogen and oxygen atoms in total. The first-order valence-electron chi connectivity index (χ1n) is 8.81. The molecule has 2 rings (SSSR count). The number of hydrogen-bond donors (Lipinski definition) is 0. The van der Waals surface area contributed by atoms with Gasteiger partial charge in [0.15, 0.2) is 0 Å². The maximum absolute atomic E-state index is 13.1. The van der Waals surface area contributed by atoms with Gasteiger partial charge >= 0.3 is 12.3 Å². The molecule has 1 aromatic rings. The summed E-state index contributed by atoms with van der Waals surface area (Å²) in [6.07, 6.45) is -0.894. The van der Waals surface area contributed by atoms with Crippen molar-refractivity contribution in [3.05, 3.63) is 35.9 Å². The standard InChI is InChI=1S/C18H23F4N3O3S/c1-23(2)29(27,28)15-6-3-14(4-7-15)5-8-16(26)25-11-9-24(10-12-25)13-18(21,22)17(19)20/h3-8,17H,9-13H2,1-2H3/b8-5+. The van der Waals surface area contributed by atoms with Crippen LogP contribution in [-0.4, -0.2) is 87.6 Å². The van der Waals surface area contributed by atoms with Crippen molar-refractivity contribution >= 4 is 22.0 Å². The number of nitrogens with zero attached hydrogens (tertiary/aromatic N) is 3. The van der Waals surface area contributed by atoms with E-state index in [2.05, 4.69) is 0 Å². The van der Waals surface area contributed by atoms with Crippen LogP contribution in [0.3, 0.4) is 0 Å². The molecule has 162 valence electrons. The molecular weight excluding hydrogens is 414 g/mol. The fourth-order valence-corrected chi connectivity index (χ4v) is 3.63. The molecule has 0 saturated carbocycles. The predicted octanol–water partition coefficient (Wildman–Crippen LogP) is 1.99. The van der Waals surface area contributed by atoms with Crippen LogP contribution in [0.1, 0.15) is 5.56 Å². The molecule has 0 radical (unpaired) electrons. The Kier molecular flexibility index (Phi) is 7.41. The van der Waals surface area contributed by atoms with E-state index in [1.165, 1.54) is 48.2 Å². The number of amides is 1. The summed E-state index contributed by atoms with van der Waals surface area (Å²) in [6, 6.07) is 5.98. The third-order valence-electron chi connectivity index (χ3n) is 4.51. The molecule has 1 fully saturated rings. The lowest BCUT2D eigenvalue weighted by atomic mass is 10.2. The number of benzene rings is 1. The second-order valence-corrected chi connectivity index (χ2v) is 9.00. The monoisotopic (exact) mass is 437 g/mol.